The lowest BCUT2D eigenvalue weighted by atomic mass is 10.1. The molecule has 0 fully saturated rings. The van der Waals surface area contributed by atoms with Gasteiger partial charge in [-0.3, -0.25) is 10.1 Å². The van der Waals surface area contributed by atoms with Crippen LogP contribution in [0, 0.1) is 29.8 Å². The summed E-state index contributed by atoms with van der Waals surface area (Å²) >= 11 is 0. The normalized spacial score (nSPS) is 10.5. The van der Waals surface area contributed by atoms with Gasteiger partial charge in [-0.25, -0.2) is 4.39 Å². The average molecular weight is 290 g/mol. The maximum atomic E-state index is 13.7. The second-order valence-electron chi connectivity index (χ2n) is 4.68. The SMILES string of the molecule is Cc1cc(C)c([N+](=O)[O-])cc1Oc1cccc(F)c1CN. The zero-order chi connectivity index (χ0) is 15.6. The Kier molecular flexibility index (Phi) is 4.18. The largest absolute Gasteiger partial charge is 0.456 e. The van der Waals surface area contributed by atoms with Crippen LogP contribution in [0.3, 0.4) is 0 Å². The number of nitrogens with zero attached hydrogens (tertiary/aromatic N) is 1. The summed E-state index contributed by atoms with van der Waals surface area (Å²) in [5.74, 6) is 0.112. The summed E-state index contributed by atoms with van der Waals surface area (Å²) in [6, 6.07) is 7.38. The van der Waals surface area contributed by atoms with Gasteiger partial charge in [-0.15, -0.1) is 0 Å². The van der Waals surface area contributed by atoms with E-state index in [0.717, 1.165) is 5.56 Å². The Bertz CT molecular complexity index is 702. The van der Waals surface area contributed by atoms with Gasteiger partial charge in [0.1, 0.15) is 17.3 Å². The lowest BCUT2D eigenvalue weighted by Gasteiger charge is -2.13. The number of nitrogens with two attached hydrogens (primary N) is 1. The van der Waals surface area contributed by atoms with E-state index in [0.29, 0.717) is 11.3 Å². The molecule has 5 nitrogen and oxygen atoms in total. The number of ether oxygens (including phenoxy) is 1. The Morgan fingerprint density at radius 2 is 1.95 bits per heavy atom. The monoisotopic (exact) mass is 290 g/mol. The Morgan fingerprint density at radius 1 is 1.24 bits per heavy atom. The number of rotatable bonds is 4. The fourth-order valence-corrected chi connectivity index (χ4v) is 2.08. The van der Waals surface area contributed by atoms with E-state index in [1.165, 1.54) is 18.2 Å². The third-order valence-corrected chi connectivity index (χ3v) is 3.19. The number of nitro benzene ring substituents is 1. The van der Waals surface area contributed by atoms with E-state index in [1.54, 1.807) is 26.0 Å². The molecule has 0 aromatic heterocycles. The molecular weight excluding hydrogens is 275 g/mol. The van der Waals surface area contributed by atoms with Crippen LogP contribution in [0.25, 0.3) is 0 Å². The first-order valence-corrected chi connectivity index (χ1v) is 6.35. The van der Waals surface area contributed by atoms with Crippen LogP contribution < -0.4 is 10.5 Å². The van der Waals surface area contributed by atoms with Gasteiger partial charge in [0.05, 0.1) is 11.0 Å². The van der Waals surface area contributed by atoms with Crippen molar-refractivity contribution >= 4 is 5.69 Å². The highest BCUT2D eigenvalue weighted by atomic mass is 19.1. The highest BCUT2D eigenvalue weighted by Crippen LogP contribution is 2.33. The zero-order valence-electron chi connectivity index (χ0n) is 11.7. The van der Waals surface area contributed by atoms with Gasteiger partial charge >= 0.3 is 0 Å². The second-order valence-corrected chi connectivity index (χ2v) is 4.68. The highest BCUT2D eigenvalue weighted by molar-refractivity contribution is 5.51. The van der Waals surface area contributed by atoms with Crippen molar-refractivity contribution in [2.75, 3.05) is 0 Å². The van der Waals surface area contributed by atoms with Crippen molar-refractivity contribution in [1.29, 1.82) is 0 Å². The number of hydrogen-bond donors (Lipinski definition) is 1. The van der Waals surface area contributed by atoms with Crippen LogP contribution in [-0.2, 0) is 6.54 Å². The molecule has 2 rings (SSSR count). The topological polar surface area (TPSA) is 78.4 Å². The van der Waals surface area contributed by atoms with E-state index >= 15 is 0 Å². The molecule has 0 saturated carbocycles. The number of nitro groups is 1. The van der Waals surface area contributed by atoms with Crippen molar-refractivity contribution in [3.63, 3.8) is 0 Å². The van der Waals surface area contributed by atoms with Crippen LogP contribution in [0.2, 0.25) is 0 Å². The summed E-state index contributed by atoms with van der Waals surface area (Å²) in [4.78, 5) is 10.5. The maximum Gasteiger partial charge on any atom is 0.276 e. The summed E-state index contributed by atoms with van der Waals surface area (Å²) in [6.45, 7) is 3.41. The van der Waals surface area contributed by atoms with Crippen LogP contribution in [0.1, 0.15) is 16.7 Å². The van der Waals surface area contributed by atoms with Gasteiger partial charge in [0.15, 0.2) is 0 Å². The lowest BCUT2D eigenvalue weighted by molar-refractivity contribution is -0.385. The van der Waals surface area contributed by atoms with Gasteiger partial charge in [-0.05, 0) is 37.6 Å². The number of aryl methyl sites for hydroxylation is 2. The minimum atomic E-state index is -0.475. The van der Waals surface area contributed by atoms with Crippen molar-refractivity contribution in [2.24, 2.45) is 5.73 Å². The molecule has 2 N–H and O–H groups in total. The first-order chi connectivity index (χ1) is 9.93. The zero-order valence-corrected chi connectivity index (χ0v) is 11.7. The van der Waals surface area contributed by atoms with Gasteiger partial charge in [-0.2, -0.15) is 0 Å². The van der Waals surface area contributed by atoms with Crippen molar-refractivity contribution in [3.05, 3.63) is 63.0 Å². The molecule has 0 aliphatic rings. The third-order valence-electron chi connectivity index (χ3n) is 3.19. The van der Waals surface area contributed by atoms with Gasteiger partial charge in [0.2, 0.25) is 0 Å². The molecule has 0 radical (unpaired) electrons. The van der Waals surface area contributed by atoms with Crippen molar-refractivity contribution in [2.45, 2.75) is 20.4 Å². The summed E-state index contributed by atoms with van der Waals surface area (Å²) in [7, 11) is 0. The van der Waals surface area contributed by atoms with Crippen molar-refractivity contribution < 1.29 is 14.1 Å². The molecule has 0 saturated heterocycles. The minimum Gasteiger partial charge on any atom is -0.456 e. The number of halogens is 1. The van der Waals surface area contributed by atoms with E-state index in [9.17, 15) is 14.5 Å². The molecule has 6 heteroatoms. The first kappa shape index (κ1) is 14.9. The molecule has 110 valence electrons. The summed E-state index contributed by atoms with van der Waals surface area (Å²) in [6.07, 6.45) is 0. The molecule has 0 spiro atoms. The van der Waals surface area contributed by atoms with Crippen LogP contribution in [0.15, 0.2) is 30.3 Å². The molecule has 2 aromatic carbocycles. The fourth-order valence-electron chi connectivity index (χ4n) is 2.08. The van der Waals surface area contributed by atoms with Crippen molar-refractivity contribution in [3.8, 4) is 11.5 Å². The Balaban J connectivity index is 2.47. The quantitative estimate of drug-likeness (QED) is 0.689. The van der Waals surface area contributed by atoms with Crippen LogP contribution in [-0.4, -0.2) is 4.92 Å². The Hall–Kier alpha value is -2.47. The molecule has 21 heavy (non-hydrogen) atoms. The molecule has 0 unspecified atom stereocenters. The van der Waals surface area contributed by atoms with Gasteiger partial charge < -0.3 is 10.5 Å². The summed E-state index contributed by atoms with van der Waals surface area (Å²) in [5, 5.41) is 11.0. The molecule has 0 aliphatic carbocycles. The molecule has 0 aliphatic heterocycles. The standard InChI is InChI=1S/C15H15FN2O3/c1-9-6-10(2)15(7-13(9)18(19)20)21-14-5-3-4-12(16)11(14)8-17/h3-7H,8,17H2,1-2H3. The van der Waals surface area contributed by atoms with Crippen molar-refractivity contribution in [1.82, 2.24) is 0 Å². The smallest absolute Gasteiger partial charge is 0.276 e. The van der Waals surface area contributed by atoms with Crippen LogP contribution >= 0.6 is 0 Å². The molecule has 0 heterocycles. The summed E-state index contributed by atoms with van der Waals surface area (Å²) in [5.41, 5.74) is 6.98. The number of hydrogen-bond acceptors (Lipinski definition) is 4. The van der Waals surface area contributed by atoms with E-state index < -0.39 is 10.7 Å². The second kappa shape index (κ2) is 5.88. The van der Waals surface area contributed by atoms with Gasteiger partial charge in [-0.1, -0.05) is 6.07 Å². The van der Waals surface area contributed by atoms with E-state index in [2.05, 4.69) is 0 Å². The molecule has 0 bridgehead atoms. The third kappa shape index (κ3) is 3.00. The number of benzene rings is 2. The summed E-state index contributed by atoms with van der Waals surface area (Å²) < 4.78 is 19.3. The van der Waals surface area contributed by atoms with Gasteiger partial charge in [0.25, 0.3) is 5.69 Å². The highest BCUT2D eigenvalue weighted by Gasteiger charge is 2.16. The lowest BCUT2D eigenvalue weighted by Crippen LogP contribution is -2.03. The predicted octanol–water partition coefficient (Wildman–Crippen LogP) is 3.60. The fraction of sp³-hybridized carbons (Fsp3) is 0.200. The molecule has 0 amide bonds. The molecule has 2 aromatic rings. The predicted molar refractivity (Wildman–Crippen MR) is 76.9 cm³/mol. The molecule has 0 atom stereocenters. The maximum absolute atomic E-state index is 13.7. The van der Waals surface area contributed by atoms with E-state index in [4.69, 9.17) is 10.5 Å². The average Bonchev–Trinajstić information content (AvgIpc) is 2.41. The Morgan fingerprint density at radius 3 is 2.57 bits per heavy atom. The van der Waals surface area contributed by atoms with Gasteiger partial charge in [0, 0.05) is 17.7 Å². The Labute approximate surface area is 121 Å². The molecular formula is C15H15FN2O3. The minimum absolute atomic E-state index is 0.0188. The first-order valence-electron chi connectivity index (χ1n) is 6.35. The van der Waals surface area contributed by atoms with Crippen LogP contribution in [0.5, 0.6) is 11.5 Å². The van der Waals surface area contributed by atoms with Crippen LogP contribution in [0.4, 0.5) is 10.1 Å². The van der Waals surface area contributed by atoms with E-state index in [-0.39, 0.29) is 23.5 Å². The van der Waals surface area contributed by atoms with E-state index in [1.807, 2.05) is 0 Å².